The molecule has 5 nitrogen and oxygen atoms in total. The highest BCUT2D eigenvalue weighted by Crippen LogP contribution is 2.50. The number of hydrogen-bond donors (Lipinski definition) is 1. The van der Waals surface area contributed by atoms with Crippen LogP contribution in [0.15, 0.2) is 24.3 Å². The summed E-state index contributed by atoms with van der Waals surface area (Å²) in [5, 5.41) is 0. The molecule has 0 spiro atoms. The maximum absolute atomic E-state index is 12.5. The minimum absolute atomic E-state index is 0.0294. The first-order valence-corrected chi connectivity index (χ1v) is 8.91. The molecule has 0 saturated carbocycles. The Kier molecular flexibility index (Phi) is 7.40. The van der Waals surface area contributed by atoms with Gasteiger partial charge in [0.2, 0.25) is 0 Å². The van der Waals surface area contributed by atoms with E-state index in [9.17, 15) is 4.57 Å². The number of nitrogens with two attached hydrogens (primary N) is 1. The van der Waals surface area contributed by atoms with E-state index in [0.717, 1.165) is 17.7 Å². The molecule has 120 valence electrons. The fraction of sp³-hybridized carbons (Fsp3) is 0.600. The maximum Gasteiger partial charge on any atom is 0.356 e. The zero-order chi connectivity index (χ0) is 15.9. The quantitative estimate of drug-likeness (QED) is 0.426. The number of anilines is 1. The molecule has 0 saturated heterocycles. The van der Waals surface area contributed by atoms with Crippen molar-refractivity contribution >= 4 is 13.3 Å². The standard InChI is InChI=1S/C15H26NO4P/c1-12(2)19-21(17,20-13(3)4)11-18-10-9-14-5-7-15(16)8-6-14/h5-8,12-13H,9-11,16H2,1-4H3. The SMILES string of the molecule is CC(C)OP(=O)(COCCc1ccc(N)cc1)OC(C)C. The third-order valence-corrected chi connectivity index (χ3v) is 4.49. The molecule has 0 aliphatic carbocycles. The number of ether oxygens (including phenoxy) is 1. The van der Waals surface area contributed by atoms with Gasteiger partial charge in [0.05, 0.1) is 18.8 Å². The molecular weight excluding hydrogens is 289 g/mol. The molecule has 0 fully saturated rings. The largest absolute Gasteiger partial charge is 0.399 e. The first kappa shape index (κ1) is 18.2. The van der Waals surface area contributed by atoms with E-state index in [2.05, 4.69) is 0 Å². The van der Waals surface area contributed by atoms with E-state index in [4.69, 9.17) is 19.5 Å². The molecule has 1 aromatic rings. The van der Waals surface area contributed by atoms with Gasteiger partial charge < -0.3 is 19.5 Å². The van der Waals surface area contributed by atoms with Gasteiger partial charge in [0.25, 0.3) is 0 Å². The van der Waals surface area contributed by atoms with Crippen molar-refractivity contribution in [1.82, 2.24) is 0 Å². The summed E-state index contributed by atoms with van der Waals surface area (Å²) in [6.07, 6.45) is 0.354. The third-order valence-electron chi connectivity index (χ3n) is 2.51. The molecule has 0 bridgehead atoms. The van der Waals surface area contributed by atoms with Crippen molar-refractivity contribution in [2.75, 3.05) is 18.7 Å². The van der Waals surface area contributed by atoms with Crippen molar-refractivity contribution in [2.45, 2.75) is 46.3 Å². The lowest BCUT2D eigenvalue weighted by molar-refractivity contribution is 0.0997. The molecule has 21 heavy (non-hydrogen) atoms. The van der Waals surface area contributed by atoms with Crippen LogP contribution >= 0.6 is 7.60 Å². The summed E-state index contributed by atoms with van der Waals surface area (Å²) in [4.78, 5) is 0. The van der Waals surface area contributed by atoms with Gasteiger partial charge in [-0.15, -0.1) is 0 Å². The molecule has 0 amide bonds. The summed E-state index contributed by atoms with van der Waals surface area (Å²) in [6.45, 7) is 7.75. The Bertz CT molecular complexity index is 445. The lowest BCUT2D eigenvalue weighted by Gasteiger charge is -2.22. The molecule has 0 aromatic heterocycles. The molecule has 1 aromatic carbocycles. The van der Waals surface area contributed by atoms with Crippen LogP contribution < -0.4 is 5.73 Å². The zero-order valence-corrected chi connectivity index (χ0v) is 14.1. The zero-order valence-electron chi connectivity index (χ0n) is 13.2. The highest BCUT2D eigenvalue weighted by Gasteiger charge is 2.27. The summed E-state index contributed by atoms with van der Waals surface area (Å²) in [5.74, 6) is 0. The predicted octanol–water partition coefficient (Wildman–Crippen LogP) is 3.83. The van der Waals surface area contributed by atoms with Crippen LogP contribution in [0.5, 0.6) is 0 Å². The first-order chi connectivity index (χ1) is 9.81. The molecule has 0 aliphatic rings. The van der Waals surface area contributed by atoms with Gasteiger partial charge in [-0.1, -0.05) is 12.1 Å². The van der Waals surface area contributed by atoms with Crippen LogP contribution in [0.4, 0.5) is 5.69 Å². The first-order valence-electron chi connectivity index (χ1n) is 7.19. The van der Waals surface area contributed by atoms with Crippen molar-refractivity contribution in [3.8, 4) is 0 Å². The number of hydrogen-bond acceptors (Lipinski definition) is 5. The molecular formula is C15H26NO4P. The van der Waals surface area contributed by atoms with Gasteiger partial charge in [-0.05, 0) is 51.8 Å². The smallest absolute Gasteiger partial charge is 0.356 e. The topological polar surface area (TPSA) is 70.8 Å². The predicted molar refractivity (Wildman–Crippen MR) is 85.4 cm³/mol. The average Bonchev–Trinajstić information content (AvgIpc) is 2.34. The Morgan fingerprint density at radius 1 is 1.05 bits per heavy atom. The van der Waals surface area contributed by atoms with Gasteiger partial charge in [0.1, 0.15) is 6.35 Å². The van der Waals surface area contributed by atoms with Crippen LogP contribution in [0.3, 0.4) is 0 Å². The maximum atomic E-state index is 12.5. The molecule has 1 rings (SSSR count). The number of benzene rings is 1. The lowest BCUT2D eigenvalue weighted by Crippen LogP contribution is -2.12. The van der Waals surface area contributed by atoms with Crippen LogP contribution in [0.2, 0.25) is 0 Å². The molecule has 6 heteroatoms. The van der Waals surface area contributed by atoms with Gasteiger partial charge in [-0.25, -0.2) is 0 Å². The molecule has 0 aliphatic heterocycles. The Morgan fingerprint density at radius 2 is 1.57 bits per heavy atom. The van der Waals surface area contributed by atoms with Crippen LogP contribution in [0, 0.1) is 0 Å². The van der Waals surface area contributed by atoms with Crippen LogP contribution in [0.1, 0.15) is 33.3 Å². The highest BCUT2D eigenvalue weighted by molar-refractivity contribution is 7.53. The lowest BCUT2D eigenvalue weighted by atomic mass is 10.1. The molecule has 2 N–H and O–H groups in total. The van der Waals surface area contributed by atoms with E-state index in [1.165, 1.54) is 0 Å². The third kappa shape index (κ3) is 7.63. The summed E-state index contributed by atoms with van der Waals surface area (Å²) in [5.41, 5.74) is 7.49. The van der Waals surface area contributed by atoms with Gasteiger partial charge in [0, 0.05) is 5.69 Å². The molecule has 0 atom stereocenters. The molecule has 0 radical (unpaired) electrons. The number of nitrogen functional groups attached to an aromatic ring is 1. The fourth-order valence-corrected chi connectivity index (χ4v) is 3.59. The Hall–Kier alpha value is -0.870. The van der Waals surface area contributed by atoms with E-state index >= 15 is 0 Å². The van der Waals surface area contributed by atoms with Gasteiger partial charge in [-0.3, -0.25) is 4.57 Å². The average molecular weight is 315 g/mol. The minimum Gasteiger partial charge on any atom is -0.399 e. The van der Waals surface area contributed by atoms with Crippen LogP contribution in [0.25, 0.3) is 0 Å². The Balaban J connectivity index is 2.42. The van der Waals surface area contributed by atoms with Crippen molar-refractivity contribution in [3.05, 3.63) is 29.8 Å². The summed E-state index contributed by atoms with van der Waals surface area (Å²) >= 11 is 0. The van der Waals surface area contributed by atoms with Gasteiger partial charge in [-0.2, -0.15) is 0 Å². The Morgan fingerprint density at radius 3 is 2.05 bits per heavy atom. The van der Waals surface area contributed by atoms with Gasteiger partial charge >= 0.3 is 7.60 Å². The van der Waals surface area contributed by atoms with Crippen LogP contribution in [-0.4, -0.2) is 25.2 Å². The Labute approximate surface area is 127 Å². The highest BCUT2D eigenvalue weighted by atomic mass is 31.2. The number of rotatable bonds is 9. The second-order valence-corrected chi connectivity index (χ2v) is 7.35. The van der Waals surface area contributed by atoms with Crippen molar-refractivity contribution in [1.29, 1.82) is 0 Å². The van der Waals surface area contributed by atoms with Crippen LogP contribution in [-0.2, 0) is 24.8 Å². The van der Waals surface area contributed by atoms with Crippen molar-refractivity contribution in [3.63, 3.8) is 0 Å². The van der Waals surface area contributed by atoms with Gasteiger partial charge in [0.15, 0.2) is 0 Å². The van der Waals surface area contributed by atoms with Crippen molar-refractivity contribution in [2.24, 2.45) is 0 Å². The second-order valence-electron chi connectivity index (χ2n) is 5.45. The summed E-state index contributed by atoms with van der Waals surface area (Å²) in [6, 6.07) is 7.61. The summed E-state index contributed by atoms with van der Waals surface area (Å²) in [7, 11) is -3.20. The van der Waals surface area contributed by atoms with E-state index in [1.807, 2.05) is 52.0 Å². The summed E-state index contributed by atoms with van der Waals surface area (Å²) < 4.78 is 28.8. The second kappa shape index (κ2) is 8.54. The fourth-order valence-electron chi connectivity index (χ4n) is 1.78. The normalized spacial score (nSPS) is 12.3. The monoisotopic (exact) mass is 315 g/mol. The van der Waals surface area contributed by atoms with E-state index < -0.39 is 7.60 Å². The van der Waals surface area contributed by atoms with Crippen molar-refractivity contribution < 1.29 is 18.3 Å². The molecule has 0 heterocycles. The van der Waals surface area contributed by atoms with E-state index in [0.29, 0.717) is 6.61 Å². The van der Waals surface area contributed by atoms with E-state index in [-0.39, 0.29) is 18.6 Å². The minimum atomic E-state index is -3.20. The molecule has 0 unspecified atom stereocenters. The van der Waals surface area contributed by atoms with E-state index in [1.54, 1.807) is 0 Å².